The maximum Gasteiger partial charge on any atom is 0.239 e. The number of thioether (sulfide) groups is 1. The number of carbonyl (C=O) groups excluding carboxylic acids is 1. The molecule has 4 nitrogen and oxygen atoms in total. The predicted octanol–water partition coefficient (Wildman–Crippen LogP) is 2.26. The molecular weight excluding hydrogens is 246 g/mol. The second-order valence-corrected chi connectivity index (χ2v) is 4.97. The smallest absolute Gasteiger partial charge is 0.239 e. The zero-order valence-corrected chi connectivity index (χ0v) is 10.4. The molecule has 0 saturated carbocycles. The van der Waals surface area contributed by atoms with Crippen LogP contribution >= 0.6 is 11.8 Å². The van der Waals surface area contributed by atoms with Crippen LogP contribution in [0.5, 0.6) is 0 Å². The summed E-state index contributed by atoms with van der Waals surface area (Å²) in [4.78, 5) is 22.1. The summed E-state index contributed by atoms with van der Waals surface area (Å²) in [7, 11) is 0. The van der Waals surface area contributed by atoms with E-state index in [1.807, 2.05) is 30.3 Å². The van der Waals surface area contributed by atoms with E-state index in [0.29, 0.717) is 11.6 Å². The number of anilines is 1. The second-order valence-electron chi connectivity index (χ2n) is 3.90. The average molecular weight is 257 g/mol. The molecular formula is C13H11N3OS. The first-order valence-corrected chi connectivity index (χ1v) is 6.66. The van der Waals surface area contributed by atoms with Crippen molar-refractivity contribution in [3.63, 3.8) is 0 Å². The van der Waals surface area contributed by atoms with Gasteiger partial charge in [-0.05, 0) is 18.2 Å². The molecule has 5 heteroatoms. The number of hydrogen-bond donors (Lipinski definition) is 0. The molecule has 1 amide bonds. The van der Waals surface area contributed by atoms with Gasteiger partial charge in [-0.2, -0.15) is 0 Å². The topological polar surface area (TPSA) is 46.1 Å². The highest BCUT2D eigenvalue weighted by Crippen LogP contribution is 2.40. The summed E-state index contributed by atoms with van der Waals surface area (Å²) in [5, 5.41) is -0.0268. The number of hydrogen-bond acceptors (Lipinski definition) is 4. The predicted molar refractivity (Wildman–Crippen MR) is 71.2 cm³/mol. The molecule has 2 aromatic heterocycles. The molecule has 90 valence electrons. The van der Waals surface area contributed by atoms with E-state index in [1.165, 1.54) is 0 Å². The molecule has 1 fully saturated rings. The number of aromatic nitrogens is 2. The maximum atomic E-state index is 12.0. The minimum absolute atomic E-state index is 0.0268. The molecule has 2 aromatic rings. The average Bonchev–Trinajstić information content (AvgIpc) is 2.83. The highest BCUT2D eigenvalue weighted by atomic mass is 32.2. The molecule has 0 aliphatic carbocycles. The van der Waals surface area contributed by atoms with E-state index in [-0.39, 0.29) is 11.3 Å². The van der Waals surface area contributed by atoms with Gasteiger partial charge in [-0.25, -0.2) is 4.98 Å². The molecule has 1 saturated heterocycles. The van der Waals surface area contributed by atoms with Gasteiger partial charge in [0.15, 0.2) is 0 Å². The fourth-order valence-corrected chi connectivity index (χ4v) is 3.08. The van der Waals surface area contributed by atoms with Crippen molar-refractivity contribution in [3.8, 4) is 0 Å². The molecule has 0 spiro atoms. The van der Waals surface area contributed by atoms with E-state index in [9.17, 15) is 4.79 Å². The molecule has 3 rings (SSSR count). The quantitative estimate of drug-likeness (QED) is 0.828. The molecule has 1 atom stereocenters. The Balaban J connectivity index is 1.98. The van der Waals surface area contributed by atoms with E-state index in [4.69, 9.17) is 0 Å². The van der Waals surface area contributed by atoms with Crippen LogP contribution in [-0.2, 0) is 4.79 Å². The monoisotopic (exact) mass is 257 g/mol. The highest BCUT2D eigenvalue weighted by molar-refractivity contribution is 8.00. The first kappa shape index (κ1) is 11.2. The fourth-order valence-electron chi connectivity index (χ4n) is 1.94. The SMILES string of the molecule is O=C1CSC(c2cccnc2)N1c1ccccn1. The molecule has 1 aliphatic heterocycles. The fraction of sp³-hybridized carbons (Fsp3) is 0.154. The Morgan fingerprint density at radius 2 is 2.17 bits per heavy atom. The van der Waals surface area contributed by atoms with Gasteiger partial charge in [0.25, 0.3) is 0 Å². The lowest BCUT2D eigenvalue weighted by Gasteiger charge is -2.22. The number of pyridine rings is 2. The van der Waals surface area contributed by atoms with Crippen LogP contribution in [0, 0.1) is 0 Å². The molecule has 18 heavy (non-hydrogen) atoms. The zero-order chi connectivity index (χ0) is 12.4. The van der Waals surface area contributed by atoms with Crippen molar-refractivity contribution in [3.05, 3.63) is 54.5 Å². The van der Waals surface area contributed by atoms with Gasteiger partial charge in [-0.3, -0.25) is 14.7 Å². The number of rotatable bonds is 2. The summed E-state index contributed by atoms with van der Waals surface area (Å²) in [6.45, 7) is 0. The van der Waals surface area contributed by atoms with E-state index >= 15 is 0 Å². The highest BCUT2D eigenvalue weighted by Gasteiger charge is 2.34. The van der Waals surface area contributed by atoms with Gasteiger partial charge < -0.3 is 0 Å². The number of nitrogens with zero attached hydrogens (tertiary/aromatic N) is 3. The number of amides is 1. The molecule has 0 bridgehead atoms. The van der Waals surface area contributed by atoms with E-state index in [0.717, 1.165) is 5.56 Å². The van der Waals surface area contributed by atoms with Crippen LogP contribution in [0.4, 0.5) is 5.82 Å². The van der Waals surface area contributed by atoms with Crippen LogP contribution in [0.1, 0.15) is 10.9 Å². The zero-order valence-electron chi connectivity index (χ0n) is 9.56. The second kappa shape index (κ2) is 4.78. The van der Waals surface area contributed by atoms with E-state index in [2.05, 4.69) is 9.97 Å². The molecule has 0 aromatic carbocycles. The Labute approximate surface area is 109 Å². The van der Waals surface area contributed by atoms with Crippen LogP contribution in [0.25, 0.3) is 0 Å². The largest absolute Gasteiger partial charge is 0.279 e. The molecule has 1 aliphatic rings. The normalized spacial score (nSPS) is 19.2. The maximum absolute atomic E-state index is 12.0. The van der Waals surface area contributed by atoms with Crippen LogP contribution < -0.4 is 4.90 Å². The van der Waals surface area contributed by atoms with Gasteiger partial charge in [0, 0.05) is 24.2 Å². The van der Waals surface area contributed by atoms with Gasteiger partial charge >= 0.3 is 0 Å². The third kappa shape index (κ3) is 1.97. The number of carbonyl (C=O) groups is 1. The van der Waals surface area contributed by atoms with Crippen molar-refractivity contribution in [2.24, 2.45) is 0 Å². The van der Waals surface area contributed by atoms with Crippen LogP contribution in [0.15, 0.2) is 48.9 Å². The van der Waals surface area contributed by atoms with Crippen LogP contribution in [-0.4, -0.2) is 21.6 Å². The van der Waals surface area contributed by atoms with Crippen molar-refractivity contribution >= 4 is 23.5 Å². The van der Waals surface area contributed by atoms with Gasteiger partial charge in [-0.15, -0.1) is 11.8 Å². The Kier molecular flexibility index (Phi) is 2.98. The summed E-state index contributed by atoms with van der Waals surface area (Å²) in [5.41, 5.74) is 1.03. The summed E-state index contributed by atoms with van der Waals surface area (Å²) in [5.74, 6) is 1.27. The van der Waals surface area contributed by atoms with Crippen molar-refractivity contribution < 1.29 is 4.79 Å². The first-order chi connectivity index (χ1) is 8.86. The summed E-state index contributed by atoms with van der Waals surface area (Å²) < 4.78 is 0. The van der Waals surface area contributed by atoms with Crippen LogP contribution in [0.2, 0.25) is 0 Å². The lowest BCUT2D eigenvalue weighted by Crippen LogP contribution is -2.28. The minimum atomic E-state index is -0.0268. The Bertz CT molecular complexity index is 547. The van der Waals surface area contributed by atoms with Gasteiger partial charge in [0.05, 0.1) is 5.75 Å². The van der Waals surface area contributed by atoms with Crippen molar-refractivity contribution in [2.75, 3.05) is 10.7 Å². The van der Waals surface area contributed by atoms with E-state index < -0.39 is 0 Å². The summed E-state index contributed by atoms with van der Waals surface area (Å²) >= 11 is 1.60. The molecule has 1 unspecified atom stereocenters. The lowest BCUT2D eigenvalue weighted by molar-refractivity contribution is -0.115. The summed E-state index contributed by atoms with van der Waals surface area (Å²) in [6.07, 6.45) is 5.23. The first-order valence-electron chi connectivity index (χ1n) is 5.61. The minimum Gasteiger partial charge on any atom is -0.279 e. The Morgan fingerprint density at radius 1 is 1.22 bits per heavy atom. The third-order valence-electron chi connectivity index (χ3n) is 2.73. The van der Waals surface area contributed by atoms with Gasteiger partial charge in [0.2, 0.25) is 5.91 Å². The molecule has 0 radical (unpaired) electrons. The Hall–Kier alpha value is -1.88. The summed E-state index contributed by atoms with van der Waals surface area (Å²) in [6, 6.07) is 9.46. The lowest BCUT2D eigenvalue weighted by atomic mass is 10.2. The molecule has 0 N–H and O–H groups in total. The van der Waals surface area contributed by atoms with E-state index in [1.54, 1.807) is 35.3 Å². The van der Waals surface area contributed by atoms with Crippen LogP contribution in [0.3, 0.4) is 0 Å². The van der Waals surface area contributed by atoms with Gasteiger partial charge in [-0.1, -0.05) is 12.1 Å². The van der Waals surface area contributed by atoms with Crippen molar-refractivity contribution in [2.45, 2.75) is 5.37 Å². The molecule has 3 heterocycles. The third-order valence-corrected chi connectivity index (χ3v) is 3.95. The van der Waals surface area contributed by atoms with Crippen molar-refractivity contribution in [1.82, 2.24) is 9.97 Å². The van der Waals surface area contributed by atoms with Crippen molar-refractivity contribution in [1.29, 1.82) is 0 Å². The standard InChI is InChI=1S/C13H11N3OS/c17-12-9-18-13(10-4-3-6-14-8-10)16(12)11-5-1-2-7-15-11/h1-8,13H,9H2. The Morgan fingerprint density at radius 3 is 2.89 bits per heavy atom. The van der Waals surface area contributed by atoms with Gasteiger partial charge in [0.1, 0.15) is 11.2 Å².